The molecule has 1 aromatic rings. The number of unbranched alkanes of at least 4 members (excludes halogenated alkanes) is 5. The van der Waals surface area contributed by atoms with E-state index in [1.165, 1.54) is 50.5 Å². The highest BCUT2D eigenvalue weighted by Gasteiger charge is 2.04. The molecule has 16 heavy (non-hydrogen) atoms. The van der Waals surface area contributed by atoms with Crippen molar-refractivity contribution in [3.63, 3.8) is 0 Å². The minimum atomic E-state index is 0.673. The molecule has 0 aromatic heterocycles. The van der Waals surface area contributed by atoms with Gasteiger partial charge in [-0.05, 0) is 24.0 Å². The second kappa shape index (κ2) is 8.38. The van der Waals surface area contributed by atoms with Crippen molar-refractivity contribution >= 4 is 0 Å². The molecule has 1 rings (SSSR count). The van der Waals surface area contributed by atoms with Crippen LogP contribution < -0.4 is 0 Å². The van der Waals surface area contributed by atoms with Gasteiger partial charge in [-0.2, -0.15) is 0 Å². The summed E-state index contributed by atoms with van der Waals surface area (Å²) in [6.45, 7) is 4.59. The number of hydrogen-bond donors (Lipinski definition) is 0. The molecule has 0 N–H and O–H groups in total. The standard InChI is InChI=1S/C16H25/c1-3-4-5-6-7-9-12-15(2)16-13-10-8-11-14-16/h8,10-11,13,15H,3-7,9,12H2,1-2H3. The molecule has 0 saturated heterocycles. The molecule has 0 aliphatic rings. The van der Waals surface area contributed by atoms with E-state index in [2.05, 4.69) is 32.0 Å². The summed E-state index contributed by atoms with van der Waals surface area (Å²) in [5.41, 5.74) is 1.37. The first kappa shape index (κ1) is 13.3. The maximum absolute atomic E-state index is 3.33. The molecule has 0 amide bonds. The molecule has 1 unspecified atom stereocenters. The maximum atomic E-state index is 3.33. The smallest absolute Gasteiger partial charge is 0.0146 e. The lowest BCUT2D eigenvalue weighted by molar-refractivity contribution is 0.557. The first-order chi connectivity index (χ1) is 7.84. The van der Waals surface area contributed by atoms with Crippen molar-refractivity contribution in [1.29, 1.82) is 0 Å². The Morgan fingerprint density at radius 3 is 2.50 bits per heavy atom. The van der Waals surface area contributed by atoms with E-state index in [0.717, 1.165) is 0 Å². The van der Waals surface area contributed by atoms with Gasteiger partial charge in [-0.25, -0.2) is 0 Å². The van der Waals surface area contributed by atoms with Crippen molar-refractivity contribution in [3.05, 3.63) is 35.9 Å². The third-order valence-corrected chi connectivity index (χ3v) is 3.25. The SMILES string of the molecule is CCCCCCCCC(C)c1[c]cccc1. The Morgan fingerprint density at radius 1 is 1.06 bits per heavy atom. The fraction of sp³-hybridized carbons (Fsp3) is 0.625. The first-order valence-corrected chi connectivity index (χ1v) is 6.81. The highest BCUT2D eigenvalue weighted by atomic mass is 14.1. The molecular formula is C16H25. The van der Waals surface area contributed by atoms with Crippen LogP contribution >= 0.6 is 0 Å². The second-order valence-electron chi connectivity index (χ2n) is 4.78. The average molecular weight is 217 g/mol. The summed E-state index contributed by atoms with van der Waals surface area (Å²) in [6.07, 6.45) is 9.66. The predicted molar refractivity (Wildman–Crippen MR) is 71.7 cm³/mol. The van der Waals surface area contributed by atoms with Crippen LogP contribution in [0.25, 0.3) is 0 Å². The molecule has 1 aromatic carbocycles. The summed E-state index contributed by atoms with van der Waals surface area (Å²) in [4.78, 5) is 0. The van der Waals surface area contributed by atoms with Crippen LogP contribution in [0.1, 0.15) is 70.3 Å². The second-order valence-corrected chi connectivity index (χ2v) is 4.78. The summed E-state index contributed by atoms with van der Waals surface area (Å²) >= 11 is 0. The van der Waals surface area contributed by atoms with Gasteiger partial charge in [0.1, 0.15) is 0 Å². The van der Waals surface area contributed by atoms with E-state index in [1.807, 2.05) is 12.1 Å². The van der Waals surface area contributed by atoms with Gasteiger partial charge in [-0.1, -0.05) is 76.6 Å². The van der Waals surface area contributed by atoms with Crippen molar-refractivity contribution in [1.82, 2.24) is 0 Å². The van der Waals surface area contributed by atoms with E-state index in [9.17, 15) is 0 Å². The Labute approximate surface area is 101 Å². The number of hydrogen-bond acceptors (Lipinski definition) is 0. The Balaban J connectivity index is 2.09. The molecule has 89 valence electrons. The van der Waals surface area contributed by atoms with E-state index in [4.69, 9.17) is 0 Å². The van der Waals surface area contributed by atoms with E-state index in [1.54, 1.807) is 0 Å². The van der Waals surface area contributed by atoms with E-state index in [-0.39, 0.29) is 0 Å². The molecule has 0 aliphatic heterocycles. The van der Waals surface area contributed by atoms with Gasteiger partial charge in [0.25, 0.3) is 0 Å². The molecular weight excluding hydrogens is 192 g/mol. The predicted octanol–water partition coefficient (Wildman–Crippen LogP) is 5.34. The lowest BCUT2D eigenvalue weighted by Gasteiger charge is -2.10. The third-order valence-electron chi connectivity index (χ3n) is 3.25. The zero-order valence-electron chi connectivity index (χ0n) is 10.8. The summed E-state index contributed by atoms with van der Waals surface area (Å²) < 4.78 is 0. The summed E-state index contributed by atoms with van der Waals surface area (Å²) in [5.74, 6) is 0.673. The van der Waals surface area contributed by atoms with Crippen LogP contribution in [0.4, 0.5) is 0 Å². The molecule has 0 bridgehead atoms. The van der Waals surface area contributed by atoms with Crippen molar-refractivity contribution in [2.45, 2.75) is 64.7 Å². The highest BCUT2D eigenvalue weighted by Crippen LogP contribution is 2.21. The Morgan fingerprint density at radius 2 is 1.81 bits per heavy atom. The number of benzene rings is 1. The van der Waals surface area contributed by atoms with Gasteiger partial charge in [0.15, 0.2) is 0 Å². The van der Waals surface area contributed by atoms with Crippen LogP contribution in [-0.4, -0.2) is 0 Å². The fourth-order valence-electron chi connectivity index (χ4n) is 2.10. The minimum Gasteiger partial charge on any atom is -0.0654 e. The van der Waals surface area contributed by atoms with Crippen LogP contribution in [-0.2, 0) is 0 Å². The molecule has 0 aliphatic carbocycles. The molecule has 1 atom stereocenters. The minimum absolute atomic E-state index is 0.673. The van der Waals surface area contributed by atoms with Gasteiger partial charge in [0, 0.05) is 0 Å². The Hall–Kier alpha value is -0.780. The third kappa shape index (κ3) is 5.34. The van der Waals surface area contributed by atoms with Crippen molar-refractivity contribution in [3.8, 4) is 0 Å². The van der Waals surface area contributed by atoms with Crippen molar-refractivity contribution in [2.24, 2.45) is 0 Å². The van der Waals surface area contributed by atoms with Gasteiger partial charge >= 0.3 is 0 Å². The quantitative estimate of drug-likeness (QED) is 0.515. The van der Waals surface area contributed by atoms with Crippen LogP contribution in [0, 0.1) is 6.07 Å². The van der Waals surface area contributed by atoms with E-state index >= 15 is 0 Å². The van der Waals surface area contributed by atoms with Crippen molar-refractivity contribution in [2.75, 3.05) is 0 Å². The van der Waals surface area contributed by atoms with Gasteiger partial charge in [0.05, 0.1) is 0 Å². The lowest BCUT2D eigenvalue weighted by Crippen LogP contribution is -1.93. The molecule has 0 fully saturated rings. The molecule has 0 heteroatoms. The van der Waals surface area contributed by atoms with Crippen molar-refractivity contribution < 1.29 is 0 Å². The lowest BCUT2D eigenvalue weighted by atomic mass is 9.95. The molecule has 0 nitrogen and oxygen atoms in total. The number of rotatable bonds is 8. The Kier molecular flexibility index (Phi) is 6.96. The fourth-order valence-corrected chi connectivity index (χ4v) is 2.10. The normalized spacial score (nSPS) is 12.6. The summed E-state index contributed by atoms with van der Waals surface area (Å²) in [6, 6.07) is 11.7. The highest BCUT2D eigenvalue weighted by molar-refractivity contribution is 5.16. The topological polar surface area (TPSA) is 0 Å². The molecule has 0 spiro atoms. The maximum Gasteiger partial charge on any atom is -0.0146 e. The Bertz CT molecular complexity index is 250. The van der Waals surface area contributed by atoms with Crippen LogP contribution in [0.3, 0.4) is 0 Å². The molecule has 1 radical (unpaired) electrons. The average Bonchev–Trinajstić information content (AvgIpc) is 2.34. The monoisotopic (exact) mass is 217 g/mol. The zero-order valence-corrected chi connectivity index (χ0v) is 10.8. The van der Waals surface area contributed by atoms with Gasteiger partial charge in [-0.15, -0.1) is 0 Å². The van der Waals surface area contributed by atoms with E-state index in [0.29, 0.717) is 5.92 Å². The molecule has 0 heterocycles. The summed E-state index contributed by atoms with van der Waals surface area (Å²) in [5, 5.41) is 0. The van der Waals surface area contributed by atoms with Gasteiger partial charge in [0.2, 0.25) is 0 Å². The largest absolute Gasteiger partial charge is 0.0654 e. The van der Waals surface area contributed by atoms with Gasteiger partial charge < -0.3 is 0 Å². The molecule has 0 saturated carbocycles. The van der Waals surface area contributed by atoms with Crippen LogP contribution in [0.15, 0.2) is 24.3 Å². The van der Waals surface area contributed by atoms with Crippen LogP contribution in [0.2, 0.25) is 0 Å². The van der Waals surface area contributed by atoms with Gasteiger partial charge in [-0.3, -0.25) is 0 Å². The summed E-state index contributed by atoms with van der Waals surface area (Å²) in [7, 11) is 0. The zero-order chi connectivity index (χ0) is 11.6. The first-order valence-electron chi connectivity index (χ1n) is 6.81. The van der Waals surface area contributed by atoms with Crippen LogP contribution in [0.5, 0.6) is 0 Å². The van der Waals surface area contributed by atoms with E-state index < -0.39 is 0 Å².